The van der Waals surface area contributed by atoms with Crippen LogP contribution in [0, 0.1) is 5.82 Å². The Bertz CT molecular complexity index is 443. The summed E-state index contributed by atoms with van der Waals surface area (Å²) in [6.45, 7) is 6.36. The Kier molecular flexibility index (Phi) is 4.61. The number of methoxy groups -OCH3 is 1. The second-order valence-corrected chi connectivity index (χ2v) is 5.43. The molecule has 6 heteroatoms. The summed E-state index contributed by atoms with van der Waals surface area (Å²) in [6.07, 6.45) is 0. The van der Waals surface area contributed by atoms with E-state index in [0.717, 1.165) is 0 Å². The van der Waals surface area contributed by atoms with E-state index in [4.69, 9.17) is 9.39 Å². The number of halogens is 1. The van der Waals surface area contributed by atoms with E-state index in [1.54, 1.807) is 27.7 Å². The highest BCUT2D eigenvalue weighted by Crippen LogP contribution is 2.25. The van der Waals surface area contributed by atoms with E-state index in [-0.39, 0.29) is 5.46 Å². The number of hydrogen-bond donors (Lipinski definition) is 2. The maximum Gasteiger partial charge on any atom is 0.494 e. The molecule has 1 aromatic rings. The molecular weight excluding hydrogens is 250 g/mol. The van der Waals surface area contributed by atoms with Crippen molar-refractivity contribution in [2.45, 2.75) is 38.9 Å². The largest absolute Gasteiger partial charge is 0.497 e. The average molecular weight is 270 g/mol. The molecule has 0 aliphatic carbocycles. The highest BCUT2D eigenvalue weighted by atomic mass is 19.1. The van der Waals surface area contributed by atoms with Crippen LogP contribution in [0.1, 0.15) is 27.7 Å². The smallest absolute Gasteiger partial charge is 0.494 e. The maximum atomic E-state index is 13.8. The van der Waals surface area contributed by atoms with Crippen LogP contribution in [0.25, 0.3) is 0 Å². The van der Waals surface area contributed by atoms with Gasteiger partial charge in [0.25, 0.3) is 0 Å². The highest BCUT2D eigenvalue weighted by Gasteiger charge is 2.40. The monoisotopic (exact) mass is 270 g/mol. The topological polar surface area (TPSA) is 58.9 Å². The molecule has 0 saturated carbocycles. The SMILES string of the molecule is COc1ccc(B(O)OC(C)(C)C(C)(C)O)c(F)c1. The standard InChI is InChI=1S/C13H20BFO4/c1-12(2,16)13(3,4)19-14(17)10-7-6-9(18-5)8-11(10)15/h6-8,16-17H,1-5H3. The van der Waals surface area contributed by atoms with Crippen LogP contribution in [0.2, 0.25) is 0 Å². The first-order valence-electron chi connectivity index (χ1n) is 6.00. The predicted molar refractivity (Wildman–Crippen MR) is 72.0 cm³/mol. The normalized spacial score (nSPS) is 12.4. The number of rotatable bonds is 5. The fourth-order valence-corrected chi connectivity index (χ4v) is 1.32. The Morgan fingerprint density at radius 2 is 1.79 bits per heavy atom. The third-order valence-electron chi connectivity index (χ3n) is 3.35. The van der Waals surface area contributed by atoms with Gasteiger partial charge in [-0.1, -0.05) is 6.07 Å². The van der Waals surface area contributed by atoms with Crippen LogP contribution in [-0.2, 0) is 4.65 Å². The van der Waals surface area contributed by atoms with Gasteiger partial charge in [-0.3, -0.25) is 0 Å². The lowest BCUT2D eigenvalue weighted by Gasteiger charge is -2.38. The number of benzene rings is 1. The molecule has 4 nitrogen and oxygen atoms in total. The summed E-state index contributed by atoms with van der Waals surface area (Å²) in [7, 11) is -0.0361. The minimum atomic E-state index is -1.47. The van der Waals surface area contributed by atoms with Crippen molar-refractivity contribution >= 4 is 12.6 Å². The molecule has 0 spiro atoms. The molecule has 0 unspecified atom stereocenters. The Balaban J connectivity index is 2.93. The van der Waals surface area contributed by atoms with Crippen molar-refractivity contribution in [1.82, 2.24) is 0 Å². The predicted octanol–water partition coefficient (Wildman–Crippen LogP) is 1.09. The zero-order chi connectivity index (χ0) is 14.8. The van der Waals surface area contributed by atoms with Crippen molar-refractivity contribution < 1.29 is 23.9 Å². The molecule has 0 heterocycles. The second kappa shape index (κ2) is 5.49. The van der Waals surface area contributed by atoms with E-state index in [1.165, 1.54) is 25.3 Å². The average Bonchev–Trinajstić information content (AvgIpc) is 2.26. The summed E-state index contributed by atoms with van der Waals surface area (Å²) in [5.74, 6) is -0.270. The Morgan fingerprint density at radius 3 is 2.21 bits per heavy atom. The highest BCUT2D eigenvalue weighted by molar-refractivity contribution is 6.60. The summed E-state index contributed by atoms with van der Waals surface area (Å²) in [4.78, 5) is 0. The van der Waals surface area contributed by atoms with Gasteiger partial charge in [0.15, 0.2) is 0 Å². The van der Waals surface area contributed by atoms with Gasteiger partial charge in [-0.15, -0.1) is 0 Å². The first-order chi connectivity index (χ1) is 8.58. The van der Waals surface area contributed by atoms with Crippen molar-refractivity contribution in [2.24, 2.45) is 0 Å². The quantitative estimate of drug-likeness (QED) is 0.786. The third kappa shape index (κ3) is 3.68. The van der Waals surface area contributed by atoms with Gasteiger partial charge in [-0.05, 0) is 33.8 Å². The Morgan fingerprint density at radius 1 is 1.21 bits per heavy atom. The molecule has 2 N–H and O–H groups in total. The maximum absolute atomic E-state index is 13.8. The summed E-state index contributed by atoms with van der Waals surface area (Å²) in [5.41, 5.74) is -2.23. The van der Waals surface area contributed by atoms with Gasteiger partial charge in [-0.25, -0.2) is 4.39 Å². The van der Waals surface area contributed by atoms with Crippen LogP contribution < -0.4 is 10.2 Å². The van der Waals surface area contributed by atoms with Crippen molar-refractivity contribution in [1.29, 1.82) is 0 Å². The molecule has 0 aliphatic heterocycles. The van der Waals surface area contributed by atoms with E-state index in [1.807, 2.05) is 0 Å². The van der Waals surface area contributed by atoms with Gasteiger partial charge in [0.05, 0.1) is 18.3 Å². The summed E-state index contributed by atoms with van der Waals surface area (Å²) in [6, 6.07) is 4.08. The first-order valence-corrected chi connectivity index (χ1v) is 6.00. The van der Waals surface area contributed by atoms with Crippen LogP contribution >= 0.6 is 0 Å². The molecule has 0 aromatic heterocycles. The minimum Gasteiger partial charge on any atom is -0.497 e. The lowest BCUT2D eigenvalue weighted by Crippen LogP contribution is -2.53. The molecular formula is C13H20BFO4. The van der Waals surface area contributed by atoms with E-state index >= 15 is 0 Å². The number of ether oxygens (including phenoxy) is 1. The summed E-state index contributed by atoms with van der Waals surface area (Å²) in [5, 5.41) is 19.9. The molecule has 1 rings (SSSR count). The van der Waals surface area contributed by atoms with Crippen molar-refractivity contribution in [3.63, 3.8) is 0 Å². The fourth-order valence-electron chi connectivity index (χ4n) is 1.32. The van der Waals surface area contributed by atoms with Gasteiger partial charge in [0, 0.05) is 11.5 Å². The van der Waals surface area contributed by atoms with E-state index in [0.29, 0.717) is 5.75 Å². The number of hydrogen-bond acceptors (Lipinski definition) is 4. The molecule has 0 bridgehead atoms. The molecule has 0 radical (unpaired) electrons. The fraction of sp³-hybridized carbons (Fsp3) is 0.538. The van der Waals surface area contributed by atoms with Gasteiger partial charge < -0.3 is 19.5 Å². The second-order valence-electron chi connectivity index (χ2n) is 5.43. The third-order valence-corrected chi connectivity index (χ3v) is 3.35. The van der Waals surface area contributed by atoms with Crippen LogP contribution in [-0.4, -0.2) is 35.6 Å². The van der Waals surface area contributed by atoms with Crippen molar-refractivity contribution in [3.05, 3.63) is 24.0 Å². The zero-order valence-corrected chi connectivity index (χ0v) is 11.9. The lowest BCUT2D eigenvalue weighted by molar-refractivity contribution is -0.0983. The van der Waals surface area contributed by atoms with Crippen molar-refractivity contribution in [3.8, 4) is 5.75 Å². The van der Waals surface area contributed by atoms with E-state index in [2.05, 4.69) is 0 Å². The van der Waals surface area contributed by atoms with Gasteiger partial charge in [0.2, 0.25) is 0 Å². The molecule has 1 aromatic carbocycles. The van der Waals surface area contributed by atoms with Crippen LogP contribution in [0.5, 0.6) is 5.75 Å². The van der Waals surface area contributed by atoms with Gasteiger partial charge >= 0.3 is 7.12 Å². The Hall–Kier alpha value is -1.11. The van der Waals surface area contributed by atoms with E-state index < -0.39 is 24.1 Å². The Labute approximate surface area is 113 Å². The molecule has 106 valence electrons. The van der Waals surface area contributed by atoms with Crippen molar-refractivity contribution in [2.75, 3.05) is 7.11 Å². The first kappa shape index (κ1) is 16.0. The molecule has 0 fully saturated rings. The van der Waals surface area contributed by atoms with Crippen LogP contribution in [0.4, 0.5) is 4.39 Å². The molecule has 0 aliphatic rings. The van der Waals surface area contributed by atoms with E-state index in [9.17, 15) is 14.5 Å². The molecule has 0 amide bonds. The van der Waals surface area contributed by atoms with Gasteiger partial charge in [0.1, 0.15) is 11.6 Å². The van der Waals surface area contributed by atoms with Crippen LogP contribution in [0.15, 0.2) is 18.2 Å². The summed E-state index contributed by atoms with van der Waals surface area (Å²) >= 11 is 0. The summed E-state index contributed by atoms with van der Waals surface area (Å²) < 4.78 is 24.0. The minimum absolute atomic E-state index is 0.00174. The van der Waals surface area contributed by atoms with Crippen LogP contribution in [0.3, 0.4) is 0 Å². The molecule has 0 saturated heterocycles. The number of aliphatic hydroxyl groups is 1. The van der Waals surface area contributed by atoms with Gasteiger partial charge in [-0.2, -0.15) is 0 Å². The molecule has 0 atom stereocenters. The lowest BCUT2D eigenvalue weighted by atomic mass is 9.76. The zero-order valence-electron chi connectivity index (χ0n) is 11.9. The molecule has 19 heavy (non-hydrogen) atoms.